The van der Waals surface area contributed by atoms with E-state index < -0.39 is 12.5 Å². The Morgan fingerprint density at radius 1 is 0.750 bits per heavy atom. The first-order valence-corrected chi connectivity index (χ1v) is 15.4. The normalized spacial score (nSPS) is 14.3. The van der Waals surface area contributed by atoms with E-state index in [9.17, 15) is 18.3 Å². The quantitative estimate of drug-likeness (QED) is 0.140. The van der Waals surface area contributed by atoms with Gasteiger partial charge in [0, 0.05) is 10.0 Å². The van der Waals surface area contributed by atoms with Crippen LogP contribution in [0.25, 0.3) is 12.2 Å². The number of hydrogen-bond acceptors (Lipinski definition) is 7. The van der Waals surface area contributed by atoms with Crippen molar-refractivity contribution >= 4 is 35.4 Å². The molecule has 0 aliphatic carbocycles. The molecule has 9 nitrogen and oxygen atoms in total. The Balaban J connectivity index is 0.000000220. The molecule has 14 heteroatoms. The molecule has 0 aliphatic rings. The molecule has 0 saturated heterocycles. The summed E-state index contributed by atoms with van der Waals surface area (Å²) in [6.07, 6.45) is 7.58. The largest absolute Gasteiger partial charge is 0.573 e. The van der Waals surface area contributed by atoms with Gasteiger partial charge in [-0.25, -0.2) is 19.3 Å². The Morgan fingerprint density at radius 2 is 1.25 bits per heavy atom. The van der Waals surface area contributed by atoms with Crippen molar-refractivity contribution in [3.05, 3.63) is 137 Å². The number of aliphatic hydroxyl groups excluding tert-OH is 1. The van der Waals surface area contributed by atoms with Crippen LogP contribution >= 0.6 is 23.2 Å². The summed E-state index contributed by atoms with van der Waals surface area (Å²) in [5, 5.41) is 19.6. The van der Waals surface area contributed by atoms with Gasteiger partial charge >= 0.3 is 6.36 Å². The van der Waals surface area contributed by atoms with Crippen LogP contribution in [0.5, 0.6) is 5.75 Å². The van der Waals surface area contributed by atoms with Gasteiger partial charge in [0.15, 0.2) is 0 Å². The van der Waals surface area contributed by atoms with Crippen molar-refractivity contribution in [3.8, 4) is 5.75 Å². The van der Waals surface area contributed by atoms with Crippen molar-refractivity contribution < 1.29 is 27.8 Å². The zero-order chi connectivity index (χ0) is 34.5. The summed E-state index contributed by atoms with van der Waals surface area (Å²) < 4.78 is 49.3. The number of halogens is 5. The molecule has 1 N–H and O–H groups in total. The van der Waals surface area contributed by atoms with Crippen LogP contribution in [0.15, 0.2) is 110 Å². The lowest BCUT2D eigenvalue weighted by Crippen LogP contribution is -2.23. The number of benzene rings is 3. The molecule has 0 fully saturated rings. The molecule has 252 valence electrons. The first-order chi connectivity index (χ1) is 23.0. The van der Waals surface area contributed by atoms with Crippen molar-refractivity contribution in [1.29, 1.82) is 0 Å². The Bertz CT molecular complexity index is 1700. The van der Waals surface area contributed by atoms with E-state index in [0.717, 1.165) is 11.1 Å². The van der Waals surface area contributed by atoms with Crippen LogP contribution in [0.4, 0.5) is 13.2 Å². The van der Waals surface area contributed by atoms with Crippen molar-refractivity contribution in [2.45, 2.75) is 51.1 Å². The average Bonchev–Trinajstić information content (AvgIpc) is 3.81. The van der Waals surface area contributed by atoms with E-state index >= 15 is 0 Å². The van der Waals surface area contributed by atoms with Crippen molar-refractivity contribution in [2.24, 2.45) is 0 Å². The third-order valence-electron chi connectivity index (χ3n) is 6.98. The van der Waals surface area contributed by atoms with E-state index in [1.54, 1.807) is 24.0 Å². The highest BCUT2D eigenvalue weighted by Gasteiger charge is 2.31. The van der Waals surface area contributed by atoms with E-state index in [-0.39, 0.29) is 23.9 Å². The maximum Gasteiger partial charge on any atom is 0.573 e. The minimum Gasteiger partial charge on any atom is -0.406 e. The van der Waals surface area contributed by atoms with Gasteiger partial charge in [-0.2, -0.15) is 10.2 Å². The highest BCUT2D eigenvalue weighted by atomic mass is 35.5. The molecule has 0 bridgehead atoms. The van der Waals surface area contributed by atoms with Crippen LogP contribution in [-0.2, 0) is 11.3 Å². The minimum absolute atomic E-state index is 0.00616. The Morgan fingerprint density at radius 3 is 1.77 bits per heavy atom. The van der Waals surface area contributed by atoms with Crippen LogP contribution in [0.3, 0.4) is 0 Å². The number of rotatable bonds is 12. The fourth-order valence-electron chi connectivity index (χ4n) is 4.22. The second-order valence-corrected chi connectivity index (χ2v) is 11.4. The zero-order valence-corrected chi connectivity index (χ0v) is 27.4. The number of ether oxygens (including phenoxy) is 2. The summed E-state index contributed by atoms with van der Waals surface area (Å²) in [4.78, 5) is 7.82. The van der Waals surface area contributed by atoms with Gasteiger partial charge in [0.05, 0.1) is 30.9 Å². The van der Waals surface area contributed by atoms with Crippen molar-refractivity contribution in [2.75, 3.05) is 0 Å². The number of aliphatic hydroxyl groups is 1. The molecule has 0 spiro atoms. The summed E-state index contributed by atoms with van der Waals surface area (Å²) in [6, 6.07) is 20.3. The van der Waals surface area contributed by atoms with Gasteiger partial charge < -0.3 is 14.6 Å². The number of hydrogen-bond donors (Lipinski definition) is 1. The number of alkyl halides is 3. The molecule has 0 radical (unpaired) electrons. The summed E-state index contributed by atoms with van der Waals surface area (Å²) in [5.41, 5.74) is 2.75. The summed E-state index contributed by atoms with van der Waals surface area (Å²) in [7, 11) is 0. The first kappa shape index (κ1) is 36.3. The van der Waals surface area contributed by atoms with Crippen LogP contribution in [0, 0.1) is 0 Å². The molecule has 4 atom stereocenters. The molecule has 4 unspecified atom stereocenters. The standard InChI is InChI=1S/C20H19Cl2N3O.C14H14F3N3O2/c1-15(25-14-23-13-24-25)20(11-6-16-2-7-18(21)8-3-16)26-12-17-4-9-19(22)10-5-17;1-10(20-9-18-8-19-20)13(21)7-4-11-2-5-12(6-3-11)22-14(15,16)17/h2-11,13-15,20H,12H2,1H3;2-10,13,21H,1H3. The van der Waals surface area contributed by atoms with Gasteiger partial charge in [-0.1, -0.05) is 83.9 Å². The van der Waals surface area contributed by atoms with Crippen molar-refractivity contribution in [3.63, 3.8) is 0 Å². The van der Waals surface area contributed by atoms with Gasteiger partial charge in [0.25, 0.3) is 0 Å². The zero-order valence-electron chi connectivity index (χ0n) is 25.9. The van der Waals surface area contributed by atoms with Crippen molar-refractivity contribution in [1.82, 2.24) is 29.5 Å². The number of nitrogens with zero attached hydrogens (tertiary/aromatic N) is 6. The van der Waals surface area contributed by atoms with Gasteiger partial charge in [-0.05, 0) is 66.9 Å². The first-order valence-electron chi connectivity index (χ1n) is 14.7. The fraction of sp³-hybridized carbons (Fsp3) is 0.235. The lowest BCUT2D eigenvalue weighted by molar-refractivity contribution is -0.274. The van der Waals surface area contributed by atoms with Crippen LogP contribution < -0.4 is 4.74 Å². The van der Waals surface area contributed by atoms with E-state index in [0.29, 0.717) is 22.2 Å². The molecule has 0 saturated carbocycles. The maximum atomic E-state index is 12.0. The summed E-state index contributed by atoms with van der Waals surface area (Å²) in [6.45, 7) is 4.29. The second-order valence-electron chi connectivity index (χ2n) is 10.5. The predicted octanol–water partition coefficient (Wildman–Crippen LogP) is 8.26. The van der Waals surface area contributed by atoms with E-state index in [4.69, 9.17) is 27.9 Å². The highest BCUT2D eigenvalue weighted by Crippen LogP contribution is 2.24. The Kier molecular flexibility index (Phi) is 13.3. The lowest BCUT2D eigenvalue weighted by Gasteiger charge is -2.21. The van der Waals surface area contributed by atoms with Crippen LogP contribution in [-0.4, -0.2) is 53.2 Å². The Labute approximate surface area is 285 Å². The molecular formula is C34H33Cl2F3N6O3. The van der Waals surface area contributed by atoms with Gasteiger partial charge in [-0.3, -0.25) is 0 Å². The monoisotopic (exact) mass is 700 g/mol. The van der Waals surface area contributed by atoms with E-state index in [2.05, 4.69) is 24.9 Å². The minimum atomic E-state index is -4.71. The molecule has 0 amide bonds. The molecule has 5 rings (SSSR count). The molecule has 48 heavy (non-hydrogen) atoms. The summed E-state index contributed by atoms with van der Waals surface area (Å²) >= 11 is 11.9. The van der Waals surface area contributed by atoms with E-state index in [1.165, 1.54) is 54.0 Å². The molecule has 3 aromatic carbocycles. The maximum absolute atomic E-state index is 12.0. The molecule has 2 aromatic heterocycles. The predicted molar refractivity (Wildman–Crippen MR) is 178 cm³/mol. The number of aromatic nitrogens is 6. The van der Waals surface area contributed by atoms with Gasteiger partial charge in [0.1, 0.15) is 31.1 Å². The molecule has 0 aliphatic heterocycles. The molecule has 5 aromatic rings. The third-order valence-corrected chi connectivity index (χ3v) is 7.49. The SMILES string of the molecule is CC(C(C=Cc1ccc(Cl)cc1)OCc1ccc(Cl)cc1)n1cncn1.CC(C(O)C=Cc1ccc(OC(F)(F)F)cc1)n1cncn1. The Hall–Kier alpha value is -4.49. The molecule has 2 heterocycles. The average molecular weight is 702 g/mol. The van der Waals surface area contributed by atoms with Gasteiger partial charge in [-0.15, -0.1) is 13.2 Å². The fourth-order valence-corrected chi connectivity index (χ4v) is 4.47. The van der Waals surface area contributed by atoms with Crippen LogP contribution in [0.2, 0.25) is 10.0 Å². The molecular weight excluding hydrogens is 668 g/mol. The van der Waals surface area contributed by atoms with E-state index in [1.807, 2.05) is 67.6 Å². The summed E-state index contributed by atoms with van der Waals surface area (Å²) in [5.74, 6) is -0.291. The lowest BCUT2D eigenvalue weighted by atomic mass is 10.1. The van der Waals surface area contributed by atoms with Crippen LogP contribution in [0.1, 0.15) is 42.6 Å². The highest BCUT2D eigenvalue weighted by molar-refractivity contribution is 6.30. The third kappa shape index (κ3) is 11.9. The second kappa shape index (κ2) is 17.6. The smallest absolute Gasteiger partial charge is 0.406 e. The topological polar surface area (TPSA) is 100 Å². The van der Waals surface area contributed by atoms with Gasteiger partial charge in [0.2, 0.25) is 0 Å².